The molecule has 0 unspecified atom stereocenters. The third-order valence-electron chi connectivity index (χ3n) is 2.59. The number of rotatable bonds is 4. The highest BCUT2D eigenvalue weighted by Crippen LogP contribution is 2.33. The third kappa shape index (κ3) is 3.32. The molecule has 2 aromatic heterocycles. The van der Waals surface area contributed by atoms with Crippen LogP contribution in [-0.2, 0) is 6.61 Å². The summed E-state index contributed by atoms with van der Waals surface area (Å²) in [5.74, 6) is 1.07. The predicted molar refractivity (Wildman–Crippen MR) is 83.9 cm³/mol. The molecule has 0 radical (unpaired) electrons. The molecule has 106 valence electrons. The molecule has 3 aromatic rings. The van der Waals surface area contributed by atoms with Crippen molar-refractivity contribution in [1.29, 1.82) is 0 Å². The number of ether oxygens (including phenoxy) is 1. The number of benzene rings is 1. The molecule has 1 aromatic carbocycles. The zero-order chi connectivity index (χ0) is 14.7. The Labute approximate surface area is 135 Å². The van der Waals surface area contributed by atoms with Gasteiger partial charge in [0.2, 0.25) is 0 Å². The fraction of sp³-hybridized carbons (Fsp3) is 0.0714. The zero-order valence-electron chi connectivity index (χ0n) is 10.7. The van der Waals surface area contributed by atoms with Crippen molar-refractivity contribution in [1.82, 2.24) is 15.0 Å². The Balaban J connectivity index is 1.74. The van der Waals surface area contributed by atoms with Gasteiger partial charge in [0.1, 0.15) is 6.61 Å². The number of halogens is 2. The van der Waals surface area contributed by atoms with E-state index in [9.17, 15) is 0 Å². The molecule has 0 aliphatic heterocycles. The Morgan fingerprint density at radius 1 is 1.05 bits per heavy atom. The molecular formula is C14H9Cl2N3OS. The Morgan fingerprint density at radius 3 is 2.48 bits per heavy atom. The van der Waals surface area contributed by atoms with Crippen LogP contribution in [0.15, 0.2) is 42.0 Å². The minimum Gasteiger partial charge on any atom is -0.484 e. The molecular weight excluding hydrogens is 329 g/mol. The topological polar surface area (TPSA) is 47.9 Å². The second-order valence-corrected chi connectivity index (χ2v) is 5.73. The second kappa shape index (κ2) is 6.39. The summed E-state index contributed by atoms with van der Waals surface area (Å²) in [6, 6.07) is 6.99. The molecule has 0 aliphatic carbocycles. The van der Waals surface area contributed by atoms with Gasteiger partial charge in [-0.3, -0.25) is 0 Å². The van der Waals surface area contributed by atoms with Crippen LogP contribution in [0, 0.1) is 0 Å². The number of hydrogen-bond donors (Lipinski definition) is 0. The largest absolute Gasteiger partial charge is 0.484 e. The molecule has 7 heteroatoms. The van der Waals surface area contributed by atoms with Gasteiger partial charge in [-0.25, -0.2) is 15.0 Å². The fourth-order valence-electron chi connectivity index (χ4n) is 1.65. The maximum absolute atomic E-state index is 6.05. The highest BCUT2D eigenvalue weighted by atomic mass is 35.5. The van der Waals surface area contributed by atoms with Gasteiger partial charge in [-0.05, 0) is 18.2 Å². The minimum absolute atomic E-state index is 0.285. The van der Waals surface area contributed by atoms with E-state index in [1.54, 1.807) is 36.7 Å². The van der Waals surface area contributed by atoms with Crippen molar-refractivity contribution in [2.45, 2.75) is 6.61 Å². The SMILES string of the molecule is Clc1cccc(Cl)c1OCc1csc(-c2ncccn2)n1. The molecule has 21 heavy (non-hydrogen) atoms. The van der Waals surface area contributed by atoms with Crippen LogP contribution in [0.25, 0.3) is 10.8 Å². The van der Waals surface area contributed by atoms with E-state index in [4.69, 9.17) is 27.9 Å². The van der Waals surface area contributed by atoms with E-state index in [0.717, 1.165) is 10.7 Å². The standard InChI is InChI=1S/C14H9Cl2N3OS/c15-10-3-1-4-11(16)12(10)20-7-9-8-21-14(19-9)13-17-5-2-6-18-13/h1-6,8H,7H2. The lowest BCUT2D eigenvalue weighted by molar-refractivity contribution is 0.302. The molecule has 0 bridgehead atoms. The monoisotopic (exact) mass is 337 g/mol. The van der Waals surface area contributed by atoms with Crippen LogP contribution in [-0.4, -0.2) is 15.0 Å². The van der Waals surface area contributed by atoms with E-state index in [2.05, 4.69) is 15.0 Å². The average Bonchev–Trinajstić information content (AvgIpc) is 2.97. The normalized spacial score (nSPS) is 10.6. The van der Waals surface area contributed by atoms with E-state index in [1.165, 1.54) is 11.3 Å². The number of hydrogen-bond acceptors (Lipinski definition) is 5. The van der Waals surface area contributed by atoms with E-state index >= 15 is 0 Å². The first kappa shape index (κ1) is 14.3. The van der Waals surface area contributed by atoms with Gasteiger partial charge in [0.25, 0.3) is 0 Å². The predicted octanol–water partition coefficient (Wildman–Crippen LogP) is 4.49. The maximum atomic E-state index is 6.05. The van der Waals surface area contributed by atoms with Crippen LogP contribution < -0.4 is 4.74 Å². The van der Waals surface area contributed by atoms with Crippen molar-refractivity contribution in [3.63, 3.8) is 0 Å². The van der Waals surface area contributed by atoms with Crippen LogP contribution >= 0.6 is 34.5 Å². The first-order chi connectivity index (χ1) is 10.2. The van der Waals surface area contributed by atoms with Crippen molar-refractivity contribution in [2.24, 2.45) is 0 Å². The van der Waals surface area contributed by atoms with Crippen LogP contribution in [0.4, 0.5) is 0 Å². The number of para-hydroxylation sites is 1. The summed E-state index contributed by atoms with van der Waals surface area (Å²) in [7, 11) is 0. The summed E-state index contributed by atoms with van der Waals surface area (Å²) in [6.07, 6.45) is 3.37. The quantitative estimate of drug-likeness (QED) is 0.703. The fourth-order valence-corrected chi connectivity index (χ4v) is 2.91. The molecule has 0 fully saturated rings. The highest BCUT2D eigenvalue weighted by Gasteiger charge is 2.10. The smallest absolute Gasteiger partial charge is 0.188 e. The molecule has 0 aliphatic rings. The van der Waals surface area contributed by atoms with Crippen LogP contribution in [0.3, 0.4) is 0 Å². The van der Waals surface area contributed by atoms with Gasteiger partial charge < -0.3 is 4.74 Å². The summed E-state index contributed by atoms with van der Waals surface area (Å²) in [5.41, 5.74) is 0.776. The molecule has 0 spiro atoms. The van der Waals surface area contributed by atoms with E-state index < -0.39 is 0 Å². The Morgan fingerprint density at radius 2 is 1.76 bits per heavy atom. The van der Waals surface area contributed by atoms with Crippen molar-refractivity contribution >= 4 is 34.5 Å². The summed E-state index contributed by atoms with van der Waals surface area (Å²) in [4.78, 5) is 12.8. The minimum atomic E-state index is 0.285. The number of nitrogens with zero attached hydrogens (tertiary/aromatic N) is 3. The van der Waals surface area contributed by atoms with E-state index in [-0.39, 0.29) is 6.61 Å². The van der Waals surface area contributed by atoms with Gasteiger partial charge in [-0.1, -0.05) is 29.3 Å². The number of thiazole rings is 1. The first-order valence-corrected chi connectivity index (χ1v) is 7.66. The second-order valence-electron chi connectivity index (χ2n) is 4.06. The van der Waals surface area contributed by atoms with Crippen molar-refractivity contribution in [2.75, 3.05) is 0 Å². The molecule has 0 saturated heterocycles. The van der Waals surface area contributed by atoms with Crippen LogP contribution in [0.2, 0.25) is 10.0 Å². The lowest BCUT2D eigenvalue weighted by Crippen LogP contribution is -1.97. The highest BCUT2D eigenvalue weighted by molar-refractivity contribution is 7.13. The molecule has 4 nitrogen and oxygen atoms in total. The average molecular weight is 338 g/mol. The lowest BCUT2D eigenvalue weighted by Gasteiger charge is -2.07. The summed E-state index contributed by atoms with van der Waals surface area (Å²) in [6.45, 7) is 0.285. The van der Waals surface area contributed by atoms with Crippen LogP contribution in [0.5, 0.6) is 5.75 Å². The van der Waals surface area contributed by atoms with E-state index in [1.807, 2.05) is 5.38 Å². The van der Waals surface area contributed by atoms with Gasteiger partial charge in [0, 0.05) is 17.8 Å². The van der Waals surface area contributed by atoms with Gasteiger partial charge in [0.05, 0.1) is 15.7 Å². The van der Waals surface area contributed by atoms with Crippen molar-refractivity contribution in [3.05, 3.63) is 57.8 Å². The Bertz CT molecular complexity index is 729. The molecule has 3 rings (SSSR count). The van der Waals surface area contributed by atoms with Crippen molar-refractivity contribution in [3.8, 4) is 16.6 Å². The summed E-state index contributed by atoms with van der Waals surface area (Å²) < 4.78 is 5.64. The van der Waals surface area contributed by atoms with Gasteiger partial charge in [0.15, 0.2) is 16.6 Å². The lowest BCUT2D eigenvalue weighted by atomic mass is 10.3. The molecule has 2 heterocycles. The third-order valence-corrected chi connectivity index (χ3v) is 4.07. The first-order valence-electron chi connectivity index (χ1n) is 6.02. The molecule has 0 atom stereocenters. The van der Waals surface area contributed by atoms with E-state index in [0.29, 0.717) is 21.6 Å². The van der Waals surface area contributed by atoms with Crippen molar-refractivity contribution < 1.29 is 4.74 Å². The Hall–Kier alpha value is -1.69. The maximum Gasteiger partial charge on any atom is 0.188 e. The molecule has 0 amide bonds. The van der Waals surface area contributed by atoms with Gasteiger partial charge >= 0.3 is 0 Å². The zero-order valence-corrected chi connectivity index (χ0v) is 13.0. The molecule has 0 saturated carbocycles. The molecule has 0 N–H and O–H groups in total. The Kier molecular flexibility index (Phi) is 4.34. The number of aromatic nitrogens is 3. The van der Waals surface area contributed by atoms with Gasteiger partial charge in [-0.15, -0.1) is 11.3 Å². The van der Waals surface area contributed by atoms with Crippen LogP contribution in [0.1, 0.15) is 5.69 Å². The summed E-state index contributed by atoms with van der Waals surface area (Å²) >= 11 is 13.6. The summed E-state index contributed by atoms with van der Waals surface area (Å²) in [5, 5.41) is 3.60. The van der Waals surface area contributed by atoms with Gasteiger partial charge in [-0.2, -0.15) is 0 Å².